The topological polar surface area (TPSA) is 18.5 Å². The number of nitrogens with zero attached hydrogens (tertiary/aromatic N) is 2. The van der Waals surface area contributed by atoms with Crippen molar-refractivity contribution in [3.8, 4) is 0 Å². The number of hydrogen-bond donors (Lipinski definition) is 1. The molecule has 2 saturated heterocycles. The van der Waals surface area contributed by atoms with Crippen LogP contribution in [0.25, 0.3) is 0 Å². The minimum atomic E-state index is 0.694. The molecule has 1 aromatic carbocycles. The first-order valence-electron chi connectivity index (χ1n) is 8.28. The van der Waals surface area contributed by atoms with E-state index in [1.54, 1.807) is 0 Å². The summed E-state index contributed by atoms with van der Waals surface area (Å²) in [7, 11) is 0. The first-order chi connectivity index (χ1) is 10.3. The van der Waals surface area contributed by atoms with Crippen LogP contribution in [0, 0.1) is 0 Å². The Bertz CT molecular complexity index is 435. The Labute approximate surface area is 133 Å². The highest BCUT2D eigenvalue weighted by molar-refractivity contribution is 6.33. The van der Waals surface area contributed by atoms with Gasteiger partial charge >= 0.3 is 0 Å². The maximum atomic E-state index is 6.30. The summed E-state index contributed by atoms with van der Waals surface area (Å²) in [5.74, 6) is 0. The molecule has 2 aliphatic heterocycles. The van der Waals surface area contributed by atoms with Gasteiger partial charge in [0, 0.05) is 38.8 Å². The zero-order valence-electron chi connectivity index (χ0n) is 12.7. The van der Waals surface area contributed by atoms with Crippen LogP contribution in [0.5, 0.6) is 0 Å². The summed E-state index contributed by atoms with van der Waals surface area (Å²) >= 11 is 6.30. The van der Waals surface area contributed by atoms with Gasteiger partial charge < -0.3 is 10.2 Å². The minimum Gasteiger partial charge on any atom is -0.368 e. The molecule has 2 aliphatic rings. The van der Waals surface area contributed by atoms with Crippen LogP contribution in [0.1, 0.15) is 25.7 Å². The Morgan fingerprint density at radius 2 is 1.86 bits per heavy atom. The molecule has 3 rings (SSSR count). The number of benzene rings is 1. The number of halogens is 1. The van der Waals surface area contributed by atoms with Gasteiger partial charge in [-0.25, -0.2) is 0 Å². The zero-order valence-corrected chi connectivity index (χ0v) is 13.5. The molecule has 2 fully saturated rings. The molecule has 1 N–H and O–H groups in total. The summed E-state index contributed by atoms with van der Waals surface area (Å²) in [6, 6.07) is 8.88. The smallest absolute Gasteiger partial charge is 0.0639 e. The number of piperazine rings is 1. The van der Waals surface area contributed by atoms with Gasteiger partial charge in [0.25, 0.3) is 0 Å². The lowest BCUT2D eigenvalue weighted by molar-refractivity contribution is 0.227. The minimum absolute atomic E-state index is 0.694. The Kier molecular flexibility index (Phi) is 5.39. The van der Waals surface area contributed by atoms with Gasteiger partial charge in [-0.15, -0.1) is 0 Å². The number of anilines is 1. The fraction of sp³-hybridized carbons (Fsp3) is 0.647. The predicted molar refractivity (Wildman–Crippen MR) is 90.4 cm³/mol. The van der Waals surface area contributed by atoms with Crippen LogP contribution < -0.4 is 10.2 Å². The molecule has 0 aromatic heterocycles. The van der Waals surface area contributed by atoms with Crippen molar-refractivity contribution in [1.82, 2.24) is 10.2 Å². The van der Waals surface area contributed by atoms with E-state index in [4.69, 9.17) is 11.6 Å². The molecule has 1 aromatic rings. The van der Waals surface area contributed by atoms with E-state index in [2.05, 4.69) is 27.2 Å². The first-order valence-corrected chi connectivity index (χ1v) is 8.66. The van der Waals surface area contributed by atoms with Crippen molar-refractivity contribution in [3.63, 3.8) is 0 Å². The van der Waals surface area contributed by atoms with Gasteiger partial charge in [0.15, 0.2) is 0 Å². The van der Waals surface area contributed by atoms with Crippen molar-refractivity contribution in [2.24, 2.45) is 0 Å². The molecule has 0 radical (unpaired) electrons. The number of nitrogens with one attached hydrogen (secondary N) is 1. The first kappa shape index (κ1) is 15.1. The lowest BCUT2D eigenvalue weighted by atomic mass is 10.1. The molecule has 1 unspecified atom stereocenters. The number of hydrogen-bond acceptors (Lipinski definition) is 3. The third kappa shape index (κ3) is 4.12. The summed E-state index contributed by atoms with van der Waals surface area (Å²) in [4.78, 5) is 5.02. The predicted octanol–water partition coefficient (Wildman–Crippen LogP) is 2.99. The van der Waals surface area contributed by atoms with Crippen LogP contribution in [0.15, 0.2) is 24.3 Å². The molecule has 0 spiro atoms. The molecule has 3 nitrogen and oxygen atoms in total. The van der Waals surface area contributed by atoms with Crippen LogP contribution >= 0.6 is 11.6 Å². The summed E-state index contributed by atoms with van der Waals surface area (Å²) in [5.41, 5.74) is 1.19. The average molecular weight is 308 g/mol. The molecule has 0 saturated carbocycles. The Morgan fingerprint density at radius 1 is 1.05 bits per heavy atom. The maximum Gasteiger partial charge on any atom is 0.0639 e. The summed E-state index contributed by atoms with van der Waals surface area (Å²) in [5, 5.41) is 4.58. The van der Waals surface area contributed by atoms with Crippen LogP contribution in [0.3, 0.4) is 0 Å². The van der Waals surface area contributed by atoms with Gasteiger partial charge in [0.05, 0.1) is 10.7 Å². The van der Waals surface area contributed by atoms with Crippen molar-refractivity contribution in [2.45, 2.75) is 31.7 Å². The molecule has 116 valence electrons. The van der Waals surface area contributed by atoms with Gasteiger partial charge in [-0.1, -0.05) is 36.6 Å². The van der Waals surface area contributed by atoms with Crippen LogP contribution in [-0.4, -0.2) is 50.2 Å². The molecular weight excluding hydrogens is 282 g/mol. The second-order valence-electron chi connectivity index (χ2n) is 6.24. The van der Waals surface area contributed by atoms with E-state index in [0.29, 0.717) is 6.04 Å². The van der Waals surface area contributed by atoms with E-state index in [9.17, 15) is 0 Å². The lowest BCUT2D eigenvalue weighted by Gasteiger charge is -2.38. The molecular formula is C17H26ClN3. The van der Waals surface area contributed by atoms with E-state index in [-0.39, 0.29) is 0 Å². The Morgan fingerprint density at radius 3 is 2.67 bits per heavy atom. The second kappa shape index (κ2) is 7.48. The van der Waals surface area contributed by atoms with Crippen molar-refractivity contribution in [3.05, 3.63) is 29.3 Å². The van der Waals surface area contributed by atoms with E-state index in [1.165, 1.54) is 44.5 Å². The van der Waals surface area contributed by atoms with Gasteiger partial charge in [-0.05, 0) is 31.5 Å². The molecule has 0 amide bonds. The molecule has 2 heterocycles. The molecule has 4 heteroatoms. The van der Waals surface area contributed by atoms with Gasteiger partial charge in [-0.3, -0.25) is 4.90 Å². The van der Waals surface area contributed by atoms with E-state index >= 15 is 0 Å². The largest absolute Gasteiger partial charge is 0.368 e. The Balaban J connectivity index is 1.49. The number of para-hydroxylation sites is 1. The maximum absolute atomic E-state index is 6.30. The monoisotopic (exact) mass is 307 g/mol. The molecule has 0 aliphatic carbocycles. The molecule has 21 heavy (non-hydrogen) atoms. The highest BCUT2D eigenvalue weighted by Crippen LogP contribution is 2.26. The standard InChI is InChI=1S/C17H26ClN3/c18-16-7-3-4-8-17(16)21-12-10-20(11-13-21)14-15-6-2-1-5-9-19-15/h3-4,7-8,15,19H,1-2,5-6,9-14H2. The SMILES string of the molecule is Clc1ccccc1N1CCN(CC2CCCCCN2)CC1. The zero-order chi connectivity index (χ0) is 14.5. The van der Waals surface area contributed by atoms with Crippen molar-refractivity contribution < 1.29 is 0 Å². The van der Waals surface area contributed by atoms with Crippen LogP contribution in [0.2, 0.25) is 5.02 Å². The van der Waals surface area contributed by atoms with Crippen LogP contribution in [0.4, 0.5) is 5.69 Å². The normalized spacial score (nSPS) is 24.8. The fourth-order valence-corrected chi connectivity index (χ4v) is 3.70. The van der Waals surface area contributed by atoms with E-state index < -0.39 is 0 Å². The molecule has 0 bridgehead atoms. The molecule has 1 atom stereocenters. The van der Waals surface area contributed by atoms with E-state index in [1.807, 2.05) is 12.1 Å². The summed E-state index contributed by atoms with van der Waals surface area (Å²) in [6.45, 7) is 6.85. The highest BCUT2D eigenvalue weighted by Gasteiger charge is 2.21. The summed E-state index contributed by atoms with van der Waals surface area (Å²) in [6.07, 6.45) is 5.46. The van der Waals surface area contributed by atoms with Crippen molar-refractivity contribution in [2.75, 3.05) is 44.2 Å². The van der Waals surface area contributed by atoms with Crippen molar-refractivity contribution >= 4 is 17.3 Å². The van der Waals surface area contributed by atoms with Gasteiger partial charge in [0.2, 0.25) is 0 Å². The lowest BCUT2D eigenvalue weighted by Crippen LogP contribution is -2.50. The second-order valence-corrected chi connectivity index (χ2v) is 6.65. The van der Waals surface area contributed by atoms with Gasteiger partial charge in [-0.2, -0.15) is 0 Å². The van der Waals surface area contributed by atoms with Gasteiger partial charge in [0.1, 0.15) is 0 Å². The van der Waals surface area contributed by atoms with Crippen LogP contribution in [-0.2, 0) is 0 Å². The highest BCUT2D eigenvalue weighted by atomic mass is 35.5. The average Bonchev–Trinajstić information content (AvgIpc) is 2.77. The third-order valence-corrected chi connectivity index (χ3v) is 5.03. The van der Waals surface area contributed by atoms with Crippen molar-refractivity contribution in [1.29, 1.82) is 0 Å². The fourth-order valence-electron chi connectivity index (χ4n) is 3.45. The number of rotatable bonds is 3. The Hall–Kier alpha value is -0.770. The summed E-state index contributed by atoms with van der Waals surface area (Å²) < 4.78 is 0. The third-order valence-electron chi connectivity index (χ3n) is 4.71. The quantitative estimate of drug-likeness (QED) is 0.926. The van der Waals surface area contributed by atoms with E-state index in [0.717, 1.165) is 31.2 Å².